The number of pyridine rings is 1. The van der Waals surface area contributed by atoms with Crippen LogP contribution >= 0.6 is 15.9 Å². The van der Waals surface area contributed by atoms with Gasteiger partial charge in [-0.25, -0.2) is 19.3 Å². The summed E-state index contributed by atoms with van der Waals surface area (Å²) in [6.45, 7) is 0.424. The molecule has 166 valence electrons. The number of fused-ring (bicyclic) bond motifs is 1. The number of benzene rings is 2. The Morgan fingerprint density at radius 1 is 1.03 bits per heavy atom. The van der Waals surface area contributed by atoms with E-state index in [0.29, 0.717) is 35.1 Å². The number of nitrogens with one attached hydrogen (secondary N) is 1. The minimum absolute atomic E-state index is 0.0892. The van der Waals surface area contributed by atoms with Gasteiger partial charge in [-0.05, 0) is 40.2 Å². The van der Waals surface area contributed by atoms with Gasteiger partial charge in [0.15, 0.2) is 5.65 Å². The fraction of sp³-hybridized carbons (Fsp3) is 0.125. The molecule has 5 aromatic rings. The molecule has 1 N–H and O–H groups in total. The maximum atomic E-state index is 14.0. The van der Waals surface area contributed by atoms with Crippen LogP contribution in [-0.2, 0) is 20.3 Å². The Kier molecular flexibility index (Phi) is 5.78. The van der Waals surface area contributed by atoms with Crippen molar-refractivity contribution in [2.24, 2.45) is 7.05 Å². The second-order valence-corrected chi connectivity index (χ2v) is 8.38. The molecule has 0 radical (unpaired) electrons. The number of imidazole rings is 2. The number of H-pyrrole nitrogens is 1. The van der Waals surface area contributed by atoms with Crippen molar-refractivity contribution in [2.45, 2.75) is 13.2 Å². The van der Waals surface area contributed by atoms with Gasteiger partial charge in [0.05, 0.1) is 23.7 Å². The van der Waals surface area contributed by atoms with E-state index in [1.165, 1.54) is 6.07 Å². The van der Waals surface area contributed by atoms with Gasteiger partial charge in [0, 0.05) is 34.9 Å². The predicted octanol–water partition coefficient (Wildman–Crippen LogP) is 5.42. The minimum Gasteiger partial charge on any atom is -0.489 e. The van der Waals surface area contributed by atoms with Crippen LogP contribution in [0, 0.1) is 5.82 Å². The van der Waals surface area contributed by atoms with Crippen molar-refractivity contribution in [1.29, 1.82) is 0 Å². The molecule has 0 aliphatic carbocycles. The van der Waals surface area contributed by atoms with E-state index in [9.17, 15) is 4.39 Å². The fourth-order valence-electron chi connectivity index (χ4n) is 3.34. The highest BCUT2D eigenvalue weighted by atomic mass is 79.9. The Hall–Kier alpha value is -3.72. The van der Waals surface area contributed by atoms with Gasteiger partial charge in [-0.15, -0.1) is 0 Å². The molecule has 5 rings (SSSR count). The first-order valence-electron chi connectivity index (χ1n) is 10.2. The lowest BCUT2D eigenvalue weighted by atomic mass is 10.2. The lowest BCUT2D eigenvalue weighted by Crippen LogP contribution is -2.02. The molecule has 0 spiro atoms. The number of nitrogens with zero attached hydrogens (tertiary/aromatic N) is 4. The minimum atomic E-state index is -0.310. The van der Waals surface area contributed by atoms with Crippen LogP contribution < -0.4 is 9.47 Å². The fourth-order valence-corrected chi connectivity index (χ4v) is 3.68. The number of aromatic nitrogens is 5. The molecule has 0 aliphatic heterocycles. The van der Waals surface area contributed by atoms with Crippen LogP contribution in [0.25, 0.3) is 22.6 Å². The molecule has 0 atom stereocenters. The van der Waals surface area contributed by atoms with E-state index in [4.69, 9.17) is 9.47 Å². The van der Waals surface area contributed by atoms with Gasteiger partial charge < -0.3 is 19.0 Å². The normalized spacial score (nSPS) is 11.1. The molecular formula is C24H19BrFN5O2. The SMILES string of the molecule is Cn1cncc1COc1cc(OCc2ccccc2F)cc(-c2nc3ncc(Br)cc3[nH]2)c1. The van der Waals surface area contributed by atoms with Gasteiger partial charge >= 0.3 is 0 Å². The highest BCUT2D eigenvalue weighted by molar-refractivity contribution is 9.10. The standard InChI is InChI=1S/C24H19BrFN5O2/c1-31-14-27-11-18(31)13-33-20-7-16(23-29-22-8-17(25)10-28-24(22)30-23)6-19(9-20)32-12-15-4-2-3-5-21(15)26/h2-11,14H,12-13H2,1H3,(H,28,29,30). The molecule has 3 heterocycles. The quantitative estimate of drug-likeness (QED) is 0.318. The molecular weight excluding hydrogens is 489 g/mol. The number of aromatic amines is 1. The second kappa shape index (κ2) is 9.03. The summed E-state index contributed by atoms with van der Waals surface area (Å²) in [5.41, 5.74) is 3.55. The highest BCUT2D eigenvalue weighted by Gasteiger charge is 2.12. The average molecular weight is 508 g/mol. The molecule has 0 amide bonds. The summed E-state index contributed by atoms with van der Waals surface area (Å²) in [5, 5.41) is 0. The molecule has 0 bridgehead atoms. The van der Waals surface area contributed by atoms with Crippen LogP contribution in [0.15, 0.2) is 71.7 Å². The summed E-state index contributed by atoms with van der Waals surface area (Å²) in [6, 6.07) is 13.9. The van der Waals surface area contributed by atoms with Crippen LogP contribution in [0.5, 0.6) is 11.5 Å². The summed E-state index contributed by atoms with van der Waals surface area (Å²) >= 11 is 3.43. The van der Waals surface area contributed by atoms with E-state index in [1.807, 2.05) is 29.8 Å². The van der Waals surface area contributed by atoms with Crippen molar-refractivity contribution in [3.63, 3.8) is 0 Å². The highest BCUT2D eigenvalue weighted by Crippen LogP contribution is 2.31. The summed E-state index contributed by atoms with van der Waals surface area (Å²) in [5.74, 6) is 1.43. The van der Waals surface area contributed by atoms with Gasteiger partial charge in [-0.3, -0.25) is 0 Å². The number of hydrogen-bond donors (Lipinski definition) is 1. The van der Waals surface area contributed by atoms with Crippen molar-refractivity contribution in [3.8, 4) is 22.9 Å². The Morgan fingerprint density at radius 2 is 1.82 bits per heavy atom. The first-order valence-corrected chi connectivity index (χ1v) is 11.0. The van der Waals surface area contributed by atoms with Gasteiger partial charge in [0.2, 0.25) is 0 Å². The number of aryl methyl sites for hydroxylation is 1. The van der Waals surface area contributed by atoms with Crippen LogP contribution in [0.2, 0.25) is 0 Å². The Morgan fingerprint density at radius 3 is 2.58 bits per heavy atom. The van der Waals surface area contributed by atoms with Gasteiger partial charge in [0.1, 0.15) is 36.4 Å². The Labute approximate surface area is 197 Å². The Bertz CT molecular complexity index is 1430. The molecule has 3 aromatic heterocycles. The van der Waals surface area contributed by atoms with Crippen LogP contribution in [-0.4, -0.2) is 24.5 Å². The third-order valence-corrected chi connectivity index (χ3v) is 5.55. The van der Waals surface area contributed by atoms with Crippen LogP contribution in [0.3, 0.4) is 0 Å². The molecule has 7 nitrogen and oxygen atoms in total. The zero-order valence-electron chi connectivity index (χ0n) is 17.6. The maximum Gasteiger partial charge on any atom is 0.178 e. The van der Waals surface area contributed by atoms with Crippen molar-refractivity contribution in [1.82, 2.24) is 24.5 Å². The summed E-state index contributed by atoms with van der Waals surface area (Å²) < 4.78 is 28.7. The Balaban J connectivity index is 1.47. The third kappa shape index (κ3) is 4.73. The first kappa shape index (κ1) is 21.1. The maximum absolute atomic E-state index is 14.0. The first-order chi connectivity index (χ1) is 16.0. The monoisotopic (exact) mass is 507 g/mol. The lowest BCUT2D eigenvalue weighted by molar-refractivity contribution is 0.283. The van der Waals surface area contributed by atoms with E-state index >= 15 is 0 Å². The summed E-state index contributed by atoms with van der Waals surface area (Å²) in [4.78, 5) is 16.3. The van der Waals surface area contributed by atoms with Crippen molar-refractivity contribution in [2.75, 3.05) is 0 Å². The molecule has 0 saturated carbocycles. The molecule has 9 heteroatoms. The largest absolute Gasteiger partial charge is 0.489 e. The predicted molar refractivity (Wildman–Crippen MR) is 125 cm³/mol. The number of hydrogen-bond acceptors (Lipinski definition) is 5. The van der Waals surface area contributed by atoms with Crippen LogP contribution in [0.4, 0.5) is 4.39 Å². The molecule has 0 fully saturated rings. The van der Waals surface area contributed by atoms with E-state index in [2.05, 4.69) is 35.9 Å². The molecule has 2 aromatic carbocycles. The molecule has 0 saturated heterocycles. The van der Waals surface area contributed by atoms with Crippen LogP contribution in [0.1, 0.15) is 11.3 Å². The van der Waals surface area contributed by atoms with Gasteiger partial charge in [-0.1, -0.05) is 18.2 Å². The number of rotatable bonds is 7. The molecule has 0 unspecified atom stereocenters. The van der Waals surface area contributed by atoms with Gasteiger partial charge in [-0.2, -0.15) is 0 Å². The van der Waals surface area contributed by atoms with E-state index < -0.39 is 0 Å². The number of ether oxygens (including phenoxy) is 2. The van der Waals surface area contributed by atoms with Crippen molar-refractivity contribution in [3.05, 3.63) is 88.8 Å². The number of halogens is 2. The van der Waals surface area contributed by atoms with Crippen molar-refractivity contribution < 1.29 is 13.9 Å². The topological polar surface area (TPSA) is 77.8 Å². The third-order valence-electron chi connectivity index (χ3n) is 5.11. The zero-order chi connectivity index (χ0) is 22.8. The van der Waals surface area contributed by atoms with E-state index in [1.54, 1.807) is 43.0 Å². The summed E-state index contributed by atoms with van der Waals surface area (Å²) in [6.07, 6.45) is 5.17. The van der Waals surface area contributed by atoms with E-state index in [-0.39, 0.29) is 12.4 Å². The average Bonchev–Trinajstić information content (AvgIpc) is 3.42. The second-order valence-electron chi connectivity index (χ2n) is 7.47. The smallest absolute Gasteiger partial charge is 0.178 e. The van der Waals surface area contributed by atoms with Gasteiger partial charge in [0.25, 0.3) is 0 Å². The lowest BCUT2D eigenvalue weighted by Gasteiger charge is -2.12. The van der Waals surface area contributed by atoms with E-state index in [0.717, 1.165) is 21.2 Å². The molecule has 0 aliphatic rings. The van der Waals surface area contributed by atoms with Crippen molar-refractivity contribution >= 4 is 27.1 Å². The summed E-state index contributed by atoms with van der Waals surface area (Å²) in [7, 11) is 1.91. The zero-order valence-corrected chi connectivity index (χ0v) is 19.2. The molecule has 33 heavy (non-hydrogen) atoms.